The van der Waals surface area contributed by atoms with Gasteiger partial charge in [0.15, 0.2) is 0 Å². The number of anilines is 2. The monoisotopic (exact) mass is 273 g/mol. The maximum absolute atomic E-state index is 11.7. The zero-order valence-corrected chi connectivity index (χ0v) is 10.8. The van der Waals surface area contributed by atoms with Crippen LogP contribution in [0, 0.1) is 0 Å². The van der Waals surface area contributed by atoms with Gasteiger partial charge in [-0.25, -0.2) is 4.98 Å². The number of benzene rings is 1. The molecule has 5 heteroatoms. The Morgan fingerprint density at radius 2 is 2.16 bits per heavy atom. The third-order valence-corrected chi connectivity index (χ3v) is 2.56. The third kappa shape index (κ3) is 4.12. The largest absolute Gasteiger partial charge is 0.399 e. The summed E-state index contributed by atoms with van der Waals surface area (Å²) in [5.41, 5.74) is 7.76. The van der Waals surface area contributed by atoms with E-state index in [1.807, 2.05) is 12.1 Å². The Kier molecular flexibility index (Phi) is 4.15. The molecule has 2 aromatic rings. The highest BCUT2D eigenvalue weighted by Crippen LogP contribution is 2.11. The van der Waals surface area contributed by atoms with Crippen molar-refractivity contribution in [2.45, 2.75) is 0 Å². The fourth-order valence-corrected chi connectivity index (χ4v) is 1.58. The second kappa shape index (κ2) is 6.02. The van der Waals surface area contributed by atoms with Crippen molar-refractivity contribution in [2.75, 3.05) is 11.1 Å². The van der Waals surface area contributed by atoms with Crippen LogP contribution in [-0.4, -0.2) is 10.9 Å². The van der Waals surface area contributed by atoms with Gasteiger partial charge in [0.25, 0.3) is 0 Å². The lowest BCUT2D eigenvalue weighted by atomic mass is 10.2. The van der Waals surface area contributed by atoms with Gasteiger partial charge >= 0.3 is 0 Å². The fraction of sp³-hybridized carbons (Fsp3) is 0. The molecule has 0 radical (unpaired) electrons. The molecule has 0 spiro atoms. The Labute approximate surface area is 115 Å². The van der Waals surface area contributed by atoms with Crippen molar-refractivity contribution in [1.82, 2.24) is 4.98 Å². The summed E-state index contributed by atoms with van der Waals surface area (Å²) in [7, 11) is 0. The van der Waals surface area contributed by atoms with Gasteiger partial charge in [-0.05, 0) is 35.9 Å². The van der Waals surface area contributed by atoms with Crippen LogP contribution in [-0.2, 0) is 4.79 Å². The number of carbonyl (C=O) groups is 1. The van der Waals surface area contributed by atoms with Gasteiger partial charge in [0.2, 0.25) is 5.91 Å². The van der Waals surface area contributed by atoms with Crippen molar-refractivity contribution in [3.63, 3.8) is 0 Å². The highest BCUT2D eigenvalue weighted by molar-refractivity contribution is 6.29. The predicted molar refractivity (Wildman–Crippen MR) is 77.8 cm³/mol. The van der Waals surface area contributed by atoms with E-state index in [-0.39, 0.29) is 5.91 Å². The topological polar surface area (TPSA) is 68.0 Å². The Morgan fingerprint density at radius 1 is 1.32 bits per heavy atom. The van der Waals surface area contributed by atoms with Crippen LogP contribution in [0.15, 0.2) is 48.7 Å². The SMILES string of the molecule is Nc1cccc(/C=C/C(=O)Nc2ccc(Cl)nc2)c1. The van der Waals surface area contributed by atoms with Gasteiger partial charge in [0, 0.05) is 11.8 Å². The molecule has 1 heterocycles. The first-order chi connectivity index (χ1) is 9.13. The quantitative estimate of drug-likeness (QED) is 0.513. The Balaban J connectivity index is 1.99. The van der Waals surface area contributed by atoms with Crippen molar-refractivity contribution in [3.05, 3.63) is 59.4 Å². The van der Waals surface area contributed by atoms with Gasteiger partial charge in [0.1, 0.15) is 5.15 Å². The minimum Gasteiger partial charge on any atom is -0.399 e. The summed E-state index contributed by atoms with van der Waals surface area (Å²) >= 11 is 5.65. The third-order valence-electron chi connectivity index (χ3n) is 2.33. The van der Waals surface area contributed by atoms with Crippen LogP contribution in [0.2, 0.25) is 5.15 Å². The van der Waals surface area contributed by atoms with Crippen molar-refractivity contribution < 1.29 is 4.79 Å². The lowest BCUT2D eigenvalue weighted by Crippen LogP contribution is -2.07. The molecule has 0 aliphatic carbocycles. The number of nitrogens with zero attached hydrogens (tertiary/aromatic N) is 1. The van der Waals surface area contributed by atoms with Gasteiger partial charge < -0.3 is 11.1 Å². The van der Waals surface area contributed by atoms with E-state index >= 15 is 0 Å². The number of nitrogens with two attached hydrogens (primary N) is 1. The van der Waals surface area contributed by atoms with Crippen molar-refractivity contribution in [3.8, 4) is 0 Å². The maximum Gasteiger partial charge on any atom is 0.248 e. The number of hydrogen-bond acceptors (Lipinski definition) is 3. The van der Waals surface area contributed by atoms with E-state index in [0.717, 1.165) is 5.56 Å². The number of carbonyl (C=O) groups excluding carboxylic acids is 1. The molecule has 0 unspecified atom stereocenters. The standard InChI is InChI=1S/C14H12ClN3O/c15-13-6-5-12(9-17-13)18-14(19)7-4-10-2-1-3-11(16)8-10/h1-9H,16H2,(H,18,19)/b7-4+. The zero-order valence-electron chi connectivity index (χ0n) is 10.0. The molecule has 3 N–H and O–H groups in total. The van der Waals surface area contributed by atoms with Gasteiger partial charge in [-0.1, -0.05) is 23.7 Å². The first-order valence-corrected chi connectivity index (χ1v) is 5.97. The summed E-state index contributed by atoms with van der Waals surface area (Å²) < 4.78 is 0. The Bertz CT molecular complexity index is 608. The van der Waals surface area contributed by atoms with Gasteiger partial charge in [-0.2, -0.15) is 0 Å². The first-order valence-electron chi connectivity index (χ1n) is 5.59. The molecule has 2 rings (SSSR count). The second-order valence-electron chi connectivity index (χ2n) is 3.86. The summed E-state index contributed by atoms with van der Waals surface area (Å²) in [6.07, 6.45) is 4.62. The first kappa shape index (κ1) is 13.1. The smallest absolute Gasteiger partial charge is 0.248 e. The van der Waals surface area contributed by atoms with E-state index in [4.69, 9.17) is 17.3 Å². The minimum absolute atomic E-state index is 0.244. The minimum atomic E-state index is -0.244. The zero-order chi connectivity index (χ0) is 13.7. The Morgan fingerprint density at radius 3 is 2.84 bits per heavy atom. The van der Waals surface area contributed by atoms with Crippen LogP contribution in [0.25, 0.3) is 6.08 Å². The average Bonchev–Trinajstić information content (AvgIpc) is 2.39. The molecule has 19 heavy (non-hydrogen) atoms. The molecule has 1 aromatic carbocycles. The number of rotatable bonds is 3. The molecular formula is C14H12ClN3O. The fourth-order valence-electron chi connectivity index (χ4n) is 1.47. The molecular weight excluding hydrogens is 262 g/mol. The summed E-state index contributed by atoms with van der Waals surface area (Å²) in [5, 5.41) is 3.06. The predicted octanol–water partition coefficient (Wildman–Crippen LogP) is 2.97. The number of aromatic nitrogens is 1. The summed E-state index contributed by atoms with van der Waals surface area (Å²) in [6.45, 7) is 0. The van der Waals surface area contributed by atoms with Crippen LogP contribution in [0.4, 0.5) is 11.4 Å². The highest BCUT2D eigenvalue weighted by atomic mass is 35.5. The molecule has 96 valence electrons. The Hall–Kier alpha value is -2.33. The number of nitrogen functional groups attached to an aromatic ring is 1. The van der Waals surface area contributed by atoms with Gasteiger partial charge in [0.05, 0.1) is 11.9 Å². The van der Waals surface area contributed by atoms with Crippen LogP contribution in [0.5, 0.6) is 0 Å². The molecule has 1 amide bonds. The summed E-state index contributed by atoms with van der Waals surface area (Å²) in [4.78, 5) is 15.5. The summed E-state index contributed by atoms with van der Waals surface area (Å²) in [5.74, 6) is -0.244. The molecule has 0 fully saturated rings. The maximum atomic E-state index is 11.7. The van der Waals surface area contributed by atoms with Crippen LogP contribution in [0.1, 0.15) is 5.56 Å². The highest BCUT2D eigenvalue weighted by Gasteiger charge is 1.98. The van der Waals surface area contributed by atoms with Crippen LogP contribution in [0.3, 0.4) is 0 Å². The van der Waals surface area contributed by atoms with E-state index in [2.05, 4.69) is 10.3 Å². The molecule has 1 aromatic heterocycles. The summed E-state index contributed by atoms with van der Waals surface area (Å²) in [6, 6.07) is 10.6. The normalized spacial score (nSPS) is 10.6. The molecule has 0 aliphatic rings. The molecule has 0 atom stereocenters. The molecule has 0 saturated heterocycles. The molecule has 4 nitrogen and oxygen atoms in total. The van der Waals surface area contributed by atoms with Crippen LogP contribution >= 0.6 is 11.6 Å². The van der Waals surface area contributed by atoms with Gasteiger partial charge in [-0.15, -0.1) is 0 Å². The van der Waals surface area contributed by atoms with E-state index < -0.39 is 0 Å². The van der Waals surface area contributed by atoms with E-state index in [1.165, 1.54) is 12.3 Å². The number of hydrogen-bond donors (Lipinski definition) is 2. The molecule has 0 saturated carbocycles. The second-order valence-corrected chi connectivity index (χ2v) is 4.25. The van der Waals surface area contributed by atoms with Crippen molar-refractivity contribution in [1.29, 1.82) is 0 Å². The number of halogens is 1. The lowest BCUT2D eigenvalue weighted by Gasteiger charge is -2.01. The number of nitrogens with one attached hydrogen (secondary N) is 1. The van der Waals surface area contributed by atoms with Crippen molar-refractivity contribution in [2.24, 2.45) is 0 Å². The molecule has 0 aliphatic heterocycles. The molecule has 0 bridgehead atoms. The van der Waals surface area contributed by atoms with E-state index in [0.29, 0.717) is 16.5 Å². The van der Waals surface area contributed by atoms with Crippen LogP contribution < -0.4 is 11.1 Å². The average molecular weight is 274 g/mol. The van der Waals surface area contributed by atoms with Gasteiger partial charge in [-0.3, -0.25) is 4.79 Å². The van der Waals surface area contributed by atoms with Crippen molar-refractivity contribution >= 4 is 35.0 Å². The lowest BCUT2D eigenvalue weighted by molar-refractivity contribution is -0.111. The van der Waals surface area contributed by atoms with E-state index in [1.54, 1.807) is 30.3 Å². The van der Waals surface area contributed by atoms with E-state index in [9.17, 15) is 4.79 Å². The number of pyridine rings is 1. The number of amides is 1.